The smallest absolute Gasteiger partial charge is 0.159 e. The summed E-state index contributed by atoms with van der Waals surface area (Å²) in [4.78, 5) is 4.79. The molecule has 2 aromatic carbocycles. The molecule has 28 heavy (non-hydrogen) atoms. The van der Waals surface area contributed by atoms with Gasteiger partial charge < -0.3 is 4.74 Å². The zero-order valence-electron chi connectivity index (χ0n) is 16.2. The maximum atomic E-state index is 6.02. The Bertz CT molecular complexity index is 1000. The van der Waals surface area contributed by atoms with Crippen molar-refractivity contribution in [3.05, 3.63) is 70.3 Å². The van der Waals surface area contributed by atoms with Crippen LogP contribution in [0.15, 0.2) is 47.5 Å². The predicted octanol–water partition coefficient (Wildman–Crippen LogP) is 5.15. The first kappa shape index (κ1) is 18.7. The zero-order valence-corrected chi connectivity index (χ0v) is 16.9. The molecule has 2 aliphatic rings. The van der Waals surface area contributed by atoms with Crippen molar-refractivity contribution in [2.75, 3.05) is 7.11 Å². The maximum Gasteiger partial charge on any atom is 0.159 e. The maximum absolute atomic E-state index is 6.02. The van der Waals surface area contributed by atoms with Gasteiger partial charge in [-0.05, 0) is 37.3 Å². The summed E-state index contributed by atoms with van der Waals surface area (Å²) in [7, 11) is 1.66. The fourth-order valence-electron chi connectivity index (χ4n) is 3.19. The number of halogens is 1. The summed E-state index contributed by atoms with van der Waals surface area (Å²) in [6.07, 6.45) is 6.00. The number of hydrogen-bond acceptors (Lipinski definition) is 4. The first-order valence-corrected chi connectivity index (χ1v) is 9.95. The molecule has 0 amide bonds. The standard InChI is InChI=1S/C18H15ClN4O.C4H8/c1-11-21-22-17-10-20-18(12-3-5-13(19)6-4-12)15-9-14(24-2)7-8-16(15)23(11)17;1-2-4-3-1/h3-9H,10H2,1-2H3;1-4H2. The van der Waals surface area contributed by atoms with Crippen LogP contribution in [0.4, 0.5) is 0 Å². The monoisotopic (exact) mass is 394 g/mol. The van der Waals surface area contributed by atoms with E-state index in [1.54, 1.807) is 7.11 Å². The molecule has 5 rings (SSSR count). The first-order chi connectivity index (χ1) is 13.7. The van der Waals surface area contributed by atoms with E-state index in [4.69, 9.17) is 21.3 Å². The van der Waals surface area contributed by atoms with E-state index in [1.165, 1.54) is 25.7 Å². The molecule has 0 unspecified atom stereocenters. The quantitative estimate of drug-likeness (QED) is 0.604. The largest absolute Gasteiger partial charge is 0.497 e. The molecule has 0 saturated heterocycles. The Labute approximate surface area is 170 Å². The van der Waals surface area contributed by atoms with Crippen molar-refractivity contribution in [1.29, 1.82) is 0 Å². The highest BCUT2D eigenvalue weighted by atomic mass is 35.5. The van der Waals surface area contributed by atoms with Crippen LogP contribution in [0.5, 0.6) is 5.75 Å². The number of rotatable bonds is 2. The molecule has 6 heteroatoms. The number of aliphatic imine (C=N–C) groups is 1. The molecule has 144 valence electrons. The average Bonchev–Trinajstić information content (AvgIpc) is 2.93. The average molecular weight is 395 g/mol. The lowest BCUT2D eigenvalue weighted by Gasteiger charge is -2.14. The molecule has 3 aromatic rings. The third-order valence-corrected chi connectivity index (χ3v) is 5.34. The van der Waals surface area contributed by atoms with E-state index >= 15 is 0 Å². The van der Waals surface area contributed by atoms with Crippen LogP contribution in [0.2, 0.25) is 5.02 Å². The summed E-state index contributed by atoms with van der Waals surface area (Å²) >= 11 is 6.02. The van der Waals surface area contributed by atoms with Gasteiger partial charge in [-0.15, -0.1) is 10.2 Å². The van der Waals surface area contributed by atoms with E-state index < -0.39 is 0 Å². The van der Waals surface area contributed by atoms with Gasteiger partial charge in [-0.25, -0.2) is 0 Å². The second-order valence-corrected chi connectivity index (χ2v) is 7.40. The molecule has 1 aromatic heterocycles. The lowest BCUT2D eigenvalue weighted by atomic mass is 10.00. The van der Waals surface area contributed by atoms with Crippen LogP contribution < -0.4 is 4.74 Å². The van der Waals surface area contributed by atoms with Crippen LogP contribution in [-0.2, 0) is 6.54 Å². The van der Waals surface area contributed by atoms with Crippen molar-refractivity contribution in [1.82, 2.24) is 14.8 Å². The lowest BCUT2D eigenvalue weighted by Crippen LogP contribution is -2.08. The van der Waals surface area contributed by atoms with Gasteiger partial charge in [0, 0.05) is 16.1 Å². The molecule has 0 atom stereocenters. The highest BCUT2D eigenvalue weighted by Gasteiger charge is 2.22. The van der Waals surface area contributed by atoms with Crippen LogP contribution in [0.3, 0.4) is 0 Å². The normalized spacial score (nSPS) is 14.5. The van der Waals surface area contributed by atoms with E-state index in [9.17, 15) is 0 Å². The molecule has 1 aliphatic heterocycles. The molecular weight excluding hydrogens is 372 g/mol. The number of aryl methyl sites for hydroxylation is 1. The van der Waals surface area contributed by atoms with Crippen molar-refractivity contribution in [3.63, 3.8) is 0 Å². The van der Waals surface area contributed by atoms with Gasteiger partial charge in [-0.1, -0.05) is 49.4 Å². The minimum atomic E-state index is 0.468. The SMILES string of the molecule is C1CCC1.COc1ccc2c(c1)C(c1ccc(Cl)cc1)=NCc1nnc(C)n1-2. The highest BCUT2D eigenvalue weighted by Crippen LogP contribution is 2.29. The summed E-state index contributed by atoms with van der Waals surface area (Å²) in [6.45, 7) is 2.41. The van der Waals surface area contributed by atoms with Crippen LogP contribution >= 0.6 is 11.6 Å². The number of nitrogens with zero attached hydrogens (tertiary/aromatic N) is 4. The Morgan fingerprint density at radius 3 is 2.32 bits per heavy atom. The highest BCUT2D eigenvalue weighted by molar-refractivity contribution is 6.30. The summed E-state index contributed by atoms with van der Waals surface area (Å²) < 4.78 is 7.45. The molecular formula is C22H23ClN4O. The summed E-state index contributed by atoms with van der Waals surface area (Å²) in [5.74, 6) is 2.44. The number of fused-ring (bicyclic) bond motifs is 3. The lowest BCUT2D eigenvalue weighted by molar-refractivity contribution is 0.414. The summed E-state index contributed by atoms with van der Waals surface area (Å²) in [6, 6.07) is 13.6. The van der Waals surface area contributed by atoms with Crippen molar-refractivity contribution in [2.45, 2.75) is 39.2 Å². The Hall–Kier alpha value is -2.66. The number of ether oxygens (including phenoxy) is 1. The molecule has 1 saturated carbocycles. The summed E-state index contributed by atoms with van der Waals surface area (Å²) in [5, 5.41) is 9.14. The van der Waals surface area contributed by atoms with Crippen LogP contribution in [-0.4, -0.2) is 27.6 Å². The van der Waals surface area contributed by atoms with Gasteiger partial charge in [-0.2, -0.15) is 0 Å². The third-order valence-electron chi connectivity index (χ3n) is 5.09. The van der Waals surface area contributed by atoms with Crippen LogP contribution in [0.25, 0.3) is 5.69 Å². The minimum Gasteiger partial charge on any atom is -0.497 e. The van der Waals surface area contributed by atoms with Crippen molar-refractivity contribution < 1.29 is 4.74 Å². The van der Waals surface area contributed by atoms with Crippen molar-refractivity contribution in [2.24, 2.45) is 4.99 Å². The number of benzene rings is 2. The number of aromatic nitrogens is 3. The Kier molecular flexibility index (Phi) is 5.44. The molecule has 0 N–H and O–H groups in total. The second kappa shape index (κ2) is 8.15. The Morgan fingerprint density at radius 2 is 1.68 bits per heavy atom. The predicted molar refractivity (Wildman–Crippen MR) is 112 cm³/mol. The number of hydrogen-bond donors (Lipinski definition) is 0. The fourth-order valence-corrected chi connectivity index (χ4v) is 3.31. The van der Waals surface area contributed by atoms with E-state index in [0.717, 1.165) is 39.9 Å². The van der Waals surface area contributed by atoms with Crippen LogP contribution in [0, 0.1) is 6.92 Å². The Morgan fingerprint density at radius 1 is 0.964 bits per heavy atom. The minimum absolute atomic E-state index is 0.468. The molecule has 5 nitrogen and oxygen atoms in total. The topological polar surface area (TPSA) is 52.3 Å². The fraction of sp³-hybridized carbons (Fsp3) is 0.318. The van der Waals surface area contributed by atoms with Crippen LogP contribution in [0.1, 0.15) is 48.5 Å². The van der Waals surface area contributed by atoms with Gasteiger partial charge in [0.25, 0.3) is 0 Å². The molecule has 1 aliphatic carbocycles. The second-order valence-electron chi connectivity index (χ2n) is 6.97. The molecule has 0 spiro atoms. The van der Waals surface area contributed by atoms with E-state index in [0.29, 0.717) is 11.6 Å². The number of methoxy groups -OCH3 is 1. The van der Waals surface area contributed by atoms with E-state index in [1.807, 2.05) is 54.0 Å². The van der Waals surface area contributed by atoms with Gasteiger partial charge in [0.1, 0.15) is 18.1 Å². The van der Waals surface area contributed by atoms with E-state index in [2.05, 4.69) is 10.2 Å². The summed E-state index contributed by atoms with van der Waals surface area (Å²) in [5.41, 5.74) is 3.88. The zero-order chi connectivity index (χ0) is 19.5. The van der Waals surface area contributed by atoms with Crippen molar-refractivity contribution in [3.8, 4) is 11.4 Å². The van der Waals surface area contributed by atoms with Gasteiger partial charge in [0.05, 0.1) is 18.5 Å². The Balaban J connectivity index is 0.000000429. The molecule has 1 fully saturated rings. The third kappa shape index (κ3) is 3.67. The van der Waals surface area contributed by atoms with E-state index in [-0.39, 0.29) is 0 Å². The first-order valence-electron chi connectivity index (χ1n) is 9.57. The van der Waals surface area contributed by atoms with Gasteiger partial charge in [0.15, 0.2) is 5.82 Å². The van der Waals surface area contributed by atoms with Gasteiger partial charge >= 0.3 is 0 Å². The van der Waals surface area contributed by atoms with Gasteiger partial charge in [0.2, 0.25) is 0 Å². The molecule has 2 heterocycles. The molecule has 0 bridgehead atoms. The van der Waals surface area contributed by atoms with Gasteiger partial charge in [-0.3, -0.25) is 9.56 Å². The molecule has 0 radical (unpaired) electrons. The van der Waals surface area contributed by atoms with Crippen molar-refractivity contribution >= 4 is 17.3 Å².